The van der Waals surface area contributed by atoms with Gasteiger partial charge in [-0.2, -0.15) is 0 Å². The Morgan fingerprint density at radius 2 is 1.75 bits per heavy atom. The normalized spacial score (nSPS) is 18.1. The SMILES string of the molecule is CC(CCN1C(=O)c2ccccc2C1=O)N1CCC(c2noc3cc(F)ccc23)CC1.Cl. The topological polar surface area (TPSA) is 66.7 Å². The Hall–Kier alpha value is -2.77. The number of amides is 2. The summed E-state index contributed by atoms with van der Waals surface area (Å²) in [6.45, 7) is 4.38. The third kappa shape index (κ3) is 3.91. The molecule has 1 aromatic heterocycles. The van der Waals surface area contributed by atoms with E-state index in [2.05, 4.69) is 17.0 Å². The number of fused-ring (bicyclic) bond motifs is 2. The summed E-state index contributed by atoms with van der Waals surface area (Å²) >= 11 is 0. The third-order valence-electron chi connectivity index (χ3n) is 6.65. The Kier molecular flexibility index (Phi) is 6.31. The number of hydrogen-bond donors (Lipinski definition) is 0. The van der Waals surface area contributed by atoms with E-state index in [0.717, 1.165) is 43.4 Å². The van der Waals surface area contributed by atoms with Crippen molar-refractivity contribution >= 4 is 35.2 Å². The molecule has 168 valence electrons. The largest absolute Gasteiger partial charge is 0.356 e. The molecule has 0 saturated carbocycles. The summed E-state index contributed by atoms with van der Waals surface area (Å²) in [6, 6.07) is 11.8. The predicted octanol–water partition coefficient (Wildman–Crippen LogP) is 4.64. The van der Waals surface area contributed by atoms with E-state index >= 15 is 0 Å². The van der Waals surface area contributed by atoms with Crippen molar-refractivity contribution in [3.8, 4) is 0 Å². The van der Waals surface area contributed by atoms with Gasteiger partial charge in [0.2, 0.25) is 0 Å². The van der Waals surface area contributed by atoms with E-state index in [1.165, 1.54) is 17.0 Å². The molecular weight excluding hydrogens is 433 g/mol. The summed E-state index contributed by atoms with van der Waals surface area (Å²) in [7, 11) is 0. The van der Waals surface area contributed by atoms with Crippen LogP contribution < -0.4 is 0 Å². The van der Waals surface area contributed by atoms with Gasteiger partial charge in [-0.1, -0.05) is 17.3 Å². The molecular formula is C24H25ClFN3O3. The first kappa shape index (κ1) is 22.4. The van der Waals surface area contributed by atoms with E-state index in [9.17, 15) is 14.0 Å². The van der Waals surface area contributed by atoms with E-state index in [0.29, 0.717) is 23.3 Å². The summed E-state index contributed by atoms with van der Waals surface area (Å²) in [5.74, 6) is -0.426. The van der Waals surface area contributed by atoms with Crippen LogP contribution in [0.2, 0.25) is 0 Å². The number of imide groups is 1. The van der Waals surface area contributed by atoms with E-state index < -0.39 is 0 Å². The Balaban J connectivity index is 0.00000245. The maximum Gasteiger partial charge on any atom is 0.261 e. The number of piperidine rings is 1. The molecule has 3 heterocycles. The molecule has 1 atom stereocenters. The van der Waals surface area contributed by atoms with Gasteiger partial charge in [0.25, 0.3) is 11.8 Å². The standard InChI is InChI=1S/C24H24FN3O3.ClH/c1-15(8-13-28-23(29)18-4-2-3-5-19(18)24(28)30)27-11-9-16(10-12-27)22-20-7-6-17(25)14-21(20)31-26-22;/h2-7,14-16H,8-13H2,1H3;1H. The second kappa shape index (κ2) is 9.00. The minimum Gasteiger partial charge on any atom is -0.356 e. The summed E-state index contributed by atoms with van der Waals surface area (Å²) in [6.07, 6.45) is 2.62. The van der Waals surface area contributed by atoms with Crippen molar-refractivity contribution in [1.82, 2.24) is 15.0 Å². The van der Waals surface area contributed by atoms with Gasteiger partial charge in [-0.25, -0.2) is 4.39 Å². The first-order chi connectivity index (χ1) is 15.0. The van der Waals surface area contributed by atoms with Crippen molar-refractivity contribution in [3.63, 3.8) is 0 Å². The second-order valence-electron chi connectivity index (χ2n) is 8.46. The molecule has 5 rings (SSSR count). The lowest BCUT2D eigenvalue weighted by Gasteiger charge is -2.36. The molecule has 2 aromatic carbocycles. The number of hydrogen-bond acceptors (Lipinski definition) is 5. The summed E-state index contributed by atoms with van der Waals surface area (Å²) in [5, 5.41) is 5.10. The Morgan fingerprint density at radius 3 is 2.41 bits per heavy atom. The molecule has 0 bridgehead atoms. The van der Waals surface area contributed by atoms with Gasteiger partial charge in [0.1, 0.15) is 5.82 Å². The molecule has 2 aliphatic heterocycles. The molecule has 2 amide bonds. The fourth-order valence-corrected chi connectivity index (χ4v) is 4.78. The lowest BCUT2D eigenvalue weighted by Crippen LogP contribution is -2.42. The number of benzene rings is 2. The zero-order valence-electron chi connectivity index (χ0n) is 17.8. The van der Waals surface area contributed by atoms with Gasteiger partial charge in [0.05, 0.1) is 16.8 Å². The molecule has 1 unspecified atom stereocenters. The first-order valence-electron chi connectivity index (χ1n) is 10.8. The molecule has 8 heteroatoms. The summed E-state index contributed by atoms with van der Waals surface area (Å²) in [4.78, 5) is 28.9. The highest BCUT2D eigenvalue weighted by Gasteiger charge is 2.35. The number of rotatable bonds is 5. The highest BCUT2D eigenvalue weighted by atomic mass is 35.5. The van der Waals surface area contributed by atoms with Gasteiger partial charge in [-0.05, 0) is 63.5 Å². The van der Waals surface area contributed by atoms with Crippen molar-refractivity contribution in [2.24, 2.45) is 0 Å². The number of halogens is 2. The zero-order valence-corrected chi connectivity index (χ0v) is 18.6. The minimum atomic E-state index is -0.322. The molecule has 1 saturated heterocycles. The van der Waals surface area contributed by atoms with Crippen LogP contribution in [0.25, 0.3) is 11.0 Å². The van der Waals surface area contributed by atoms with Gasteiger partial charge in [0.15, 0.2) is 5.58 Å². The van der Waals surface area contributed by atoms with Crippen LogP contribution in [-0.4, -0.2) is 52.4 Å². The number of nitrogens with zero attached hydrogens (tertiary/aromatic N) is 3. The van der Waals surface area contributed by atoms with Crippen LogP contribution >= 0.6 is 12.4 Å². The highest BCUT2D eigenvalue weighted by Crippen LogP contribution is 2.33. The monoisotopic (exact) mass is 457 g/mol. The maximum atomic E-state index is 13.4. The third-order valence-corrected chi connectivity index (χ3v) is 6.65. The van der Waals surface area contributed by atoms with Gasteiger partial charge in [0, 0.05) is 30.0 Å². The zero-order chi connectivity index (χ0) is 21.5. The molecule has 0 radical (unpaired) electrons. The molecule has 32 heavy (non-hydrogen) atoms. The molecule has 0 spiro atoms. The van der Waals surface area contributed by atoms with Crippen molar-refractivity contribution in [3.05, 3.63) is 65.1 Å². The van der Waals surface area contributed by atoms with Gasteiger partial charge in [-0.15, -0.1) is 12.4 Å². The van der Waals surface area contributed by atoms with E-state index in [-0.39, 0.29) is 42.0 Å². The van der Waals surface area contributed by atoms with Crippen molar-refractivity contribution in [2.75, 3.05) is 19.6 Å². The fraction of sp³-hybridized carbons (Fsp3) is 0.375. The fourth-order valence-electron chi connectivity index (χ4n) is 4.78. The first-order valence-corrected chi connectivity index (χ1v) is 10.8. The lowest BCUT2D eigenvalue weighted by atomic mass is 9.91. The smallest absolute Gasteiger partial charge is 0.261 e. The molecule has 6 nitrogen and oxygen atoms in total. The number of likely N-dealkylation sites (tertiary alicyclic amines) is 1. The van der Waals surface area contributed by atoms with E-state index in [4.69, 9.17) is 4.52 Å². The molecule has 3 aromatic rings. The molecule has 0 N–H and O–H groups in total. The van der Waals surface area contributed by atoms with Gasteiger partial charge < -0.3 is 9.42 Å². The molecule has 0 aliphatic carbocycles. The average molecular weight is 458 g/mol. The Bertz CT molecular complexity index is 1120. The molecule has 1 fully saturated rings. The van der Waals surface area contributed by atoms with Crippen LogP contribution in [0.15, 0.2) is 47.0 Å². The van der Waals surface area contributed by atoms with Crippen LogP contribution in [0.4, 0.5) is 4.39 Å². The maximum absolute atomic E-state index is 13.4. The van der Waals surface area contributed by atoms with Crippen LogP contribution in [0.3, 0.4) is 0 Å². The van der Waals surface area contributed by atoms with Crippen molar-refractivity contribution in [1.29, 1.82) is 0 Å². The van der Waals surface area contributed by atoms with Crippen LogP contribution in [-0.2, 0) is 0 Å². The highest BCUT2D eigenvalue weighted by molar-refractivity contribution is 6.21. The van der Waals surface area contributed by atoms with Gasteiger partial charge >= 0.3 is 0 Å². The number of carbonyl (C=O) groups is 2. The number of carbonyl (C=O) groups excluding carboxylic acids is 2. The Morgan fingerprint density at radius 1 is 1.09 bits per heavy atom. The number of aromatic nitrogens is 1. The van der Waals surface area contributed by atoms with Crippen LogP contribution in [0.5, 0.6) is 0 Å². The van der Waals surface area contributed by atoms with Gasteiger partial charge in [-0.3, -0.25) is 14.5 Å². The van der Waals surface area contributed by atoms with E-state index in [1.54, 1.807) is 30.3 Å². The van der Waals surface area contributed by atoms with E-state index in [1.807, 2.05) is 0 Å². The second-order valence-corrected chi connectivity index (χ2v) is 8.46. The summed E-state index contributed by atoms with van der Waals surface area (Å²) < 4.78 is 18.7. The van der Waals surface area contributed by atoms with Crippen molar-refractivity contribution in [2.45, 2.75) is 38.1 Å². The quantitative estimate of drug-likeness (QED) is 0.522. The average Bonchev–Trinajstić information content (AvgIpc) is 3.31. The molecule has 2 aliphatic rings. The summed E-state index contributed by atoms with van der Waals surface area (Å²) in [5.41, 5.74) is 2.40. The van der Waals surface area contributed by atoms with Crippen LogP contribution in [0, 0.1) is 5.82 Å². The predicted molar refractivity (Wildman–Crippen MR) is 121 cm³/mol. The lowest BCUT2D eigenvalue weighted by molar-refractivity contribution is 0.0631. The van der Waals surface area contributed by atoms with Crippen LogP contribution in [0.1, 0.15) is 58.5 Å². The Labute approximate surface area is 191 Å². The van der Waals surface area contributed by atoms with Crippen molar-refractivity contribution < 1.29 is 18.5 Å². The minimum absolute atomic E-state index is 0.